The molecule has 32 nitrogen and oxygen atoms in total. The second kappa shape index (κ2) is 38.9. The van der Waals surface area contributed by atoms with Gasteiger partial charge in [-0.25, -0.2) is 0 Å². The third kappa shape index (κ3) is 33.2. The summed E-state index contributed by atoms with van der Waals surface area (Å²) in [5, 5.41) is 144. The molecule has 2 unspecified atom stereocenters. The average Bonchev–Trinajstić information content (AvgIpc) is 3.25. The number of hydrogen-bond donors (Lipinski definition) is 14. The van der Waals surface area contributed by atoms with E-state index in [0.717, 1.165) is 9.80 Å². The maximum Gasteiger partial charge on any atom is 3.00 e. The van der Waals surface area contributed by atoms with Crippen molar-refractivity contribution < 1.29 is 155 Å². The summed E-state index contributed by atoms with van der Waals surface area (Å²) in [5.41, 5.74) is 0. The Balaban J connectivity index is -0.0000205. The molecule has 0 heterocycles. The van der Waals surface area contributed by atoms with E-state index in [1.165, 1.54) is 4.90 Å². The van der Waals surface area contributed by atoms with Gasteiger partial charge in [0.2, 0.25) is 11.8 Å². The molecule has 0 aromatic carbocycles. The quantitative estimate of drug-likeness (QED) is 0.0155. The average molecular weight is 1120 g/mol. The van der Waals surface area contributed by atoms with Crippen LogP contribution in [0, 0.1) is 39.9 Å². The van der Waals surface area contributed by atoms with E-state index in [9.17, 15) is 89.7 Å². The number of oxime groups is 2. The van der Waals surface area contributed by atoms with E-state index >= 15 is 0 Å². The fourth-order valence-electron chi connectivity index (χ4n) is 4.89. The summed E-state index contributed by atoms with van der Waals surface area (Å²) in [6.07, 6.45) is -13.7. The number of carboxylic acids is 3. The molecule has 0 bridgehead atoms. The number of carbonyl (C=O) groups is 7. The van der Waals surface area contributed by atoms with Crippen LogP contribution < -0.4 is 36.6 Å². The van der Waals surface area contributed by atoms with Crippen molar-refractivity contribution >= 4 is 54.0 Å². The molecule has 387 valence electrons. The molecule has 0 aliphatic rings. The van der Waals surface area contributed by atoms with Crippen molar-refractivity contribution in [2.24, 2.45) is 10.3 Å². The van der Waals surface area contributed by atoms with E-state index in [-0.39, 0.29) is 97.8 Å². The van der Waals surface area contributed by atoms with Crippen molar-refractivity contribution in [3.05, 3.63) is 0 Å². The monoisotopic (exact) mass is 1120 g/mol. The van der Waals surface area contributed by atoms with Gasteiger partial charge in [0.25, 0.3) is 11.8 Å². The van der Waals surface area contributed by atoms with Gasteiger partial charge in [-0.05, 0) is 0 Å². The molecule has 0 aliphatic heterocycles. The van der Waals surface area contributed by atoms with Crippen molar-refractivity contribution in [2.75, 3.05) is 112 Å². The summed E-state index contributed by atoms with van der Waals surface area (Å²) in [4.78, 5) is 95.8. The standard InChI is InChI=1S/C34H61N9O22.Gd.H2O/c44-16-22(48)33(62)31(60)20(46)9-39-64-18-26(52)37-3-1-35-24(50)11-42(14-29(56)57)7-5-41(13-28(54)55)6-8-43(15-30(58)59)12-25(51)36-2-4-38-27(53)19-65-40-10-21(47)32(61)34(63)23(49)17-45;;/h9-10,20-23,31-34,44-49,60-63H,1-8,11-19H2,(H,35,50)(H,36,51)(H,37,52)(H,38,53)(H,54,55)(H,56,57)(H,58,59);;1H2/q;+3;/p-3/b39-9+,40-10+;;/t20-,21-,22?,23?,31-,32-,33+,34+;;/m1../s1. The summed E-state index contributed by atoms with van der Waals surface area (Å²) in [7, 11) is 0. The van der Waals surface area contributed by atoms with Crippen molar-refractivity contribution in [2.45, 2.75) is 48.8 Å². The van der Waals surface area contributed by atoms with Crippen LogP contribution in [0.5, 0.6) is 0 Å². The van der Waals surface area contributed by atoms with Gasteiger partial charge in [-0.1, -0.05) is 10.3 Å². The number of carbonyl (C=O) groups excluding carboxylic acids is 7. The summed E-state index contributed by atoms with van der Waals surface area (Å²) in [6.45, 7) is -7.97. The third-order valence-corrected chi connectivity index (χ3v) is 8.33. The Labute approximate surface area is 413 Å². The summed E-state index contributed by atoms with van der Waals surface area (Å²) < 4.78 is 0. The smallest absolute Gasteiger partial charge is 0.549 e. The molecule has 0 saturated heterocycles. The number of aliphatic hydroxyl groups excluding tert-OH is 10. The maximum atomic E-state index is 12.5. The van der Waals surface area contributed by atoms with Gasteiger partial charge < -0.3 is 117 Å². The summed E-state index contributed by atoms with van der Waals surface area (Å²) >= 11 is 0. The molecule has 0 aromatic heterocycles. The number of aliphatic hydroxyl groups is 10. The Morgan fingerprint density at radius 3 is 1.06 bits per heavy atom. The minimum absolute atomic E-state index is 0. The molecule has 16 N–H and O–H groups in total. The van der Waals surface area contributed by atoms with Crippen molar-refractivity contribution in [3.63, 3.8) is 0 Å². The third-order valence-electron chi connectivity index (χ3n) is 8.33. The molecule has 0 spiro atoms. The second-order valence-corrected chi connectivity index (χ2v) is 13.7. The van der Waals surface area contributed by atoms with Crippen LogP contribution in [0.4, 0.5) is 0 Å². The number of hydrogen-bond acceptors (Lipinski definition) is 27. The number of nitrogens with one attached hydrogen (secondary N) is 4. The van der Waals surface area contributed by atoms with Gasteiger partial charge in [0.1, 0.15) is 48.8 Å². The van der Waals surface area contributed by atoms with Crippen molar-refractivity contribution in [1.82, 2.24) is 36.0 Å². The van der Waals surface area contributed by atoms with Gasteiger partial charge in [-0.3, -0.25) is 33.9 Å². The Bertz CT molecular complexity index is 1420. The van der Waals surface area contributed by atoms with Crippen LogP contribution in [0.1, 0.15) is 0 Å². The van der Waals surface area contributed by atoms with Gasteiger partial charge in [0.15, 0.2) is 13.2 Å². The number of amides is 4. The Kier molecular flexibility index (Phi) is 39.1. The van der Waals surface area contributed by atoms with Crippen LogP contribution in [0.15, 0.2) is 10.3 Å². The number of carboxylic acid groups (broad SMARTS) is 3. The van der Waals surface area contributed by atoms with E-state index in [4.69, 9.17) is 10.2 Å². The molecule has 8 atom stereocenters. The molecule has 1 radical (unpaired) electrons. The van der Waals surface area contributed by atoms with E-state index in [1.54, 1.807) is 0 Å². The van der Waals surface area contributed by atoms with Crippen LogP contribution in [0.25, 0.3) is 0 Å². The van der Waals surface area contributed by atoms with Crippen LogP contribution in [-0.4, -0.2) is 286 Å². The normalized spacial score (nSPS) is 15.0. The fourth-order valence-corrected chi connectivity index (χ4v) is 4.89. The van der Waals surface area contributed by atoms with Gasteiger partial charge >= 0.3 is 39.9 Å². The van der Waals surface area contributed by atoms with Crippen molar-refractivity contribution in [1.29, 1.82) is 0 Å². The van der Waals surface area contributed by atoms with Crippen LogP contribution in [-0.2, 0) is 43.2 Å². The predicted octanol–water partition coefficient (Wildman–Crippen LogP) is -16.3. The van der Waals surface area contributed by atoms with Gasteiger partial charge in [-0.15, -0.1) is 0 Å². The first-order valence-corrected chi connectivity index (χ1v) is 19.4. The predicted molar refractivity (Wildman–Crippen MR) is 211 cm³/mol. The first kappa shape index (κ1) is 67.3. The Morgan fingerprint density at radius 2 is 0.761 bits per heavy atom. The molecule has 0 aromatic rings. The van der Waals surface area contributed by atoms with E-state index in [2.05, 4.69) is 41.3 Å². The van der Waals surface area contributed by atoms with Gasteiger partial charge in [0, 0.05) is 72.0 Å². The zero-order valence-electron chi connectivity index (χ0n) is 35.8. The largest absolute Gasteiger partial charge is 3.00 e. The van der Waals surface area contributed by atoms with E-state index < -0.39 is 150 Å². The molecular formula is C34H60GdN9O23. The maximum absolute atomic E-state index is 12.5. The zero-order valence-corrected chi connectivity index (χ0v) is 38.0. The van der Waals surface area contributed by atoms with Gasteiger partial charge in [0.05, 0.1) is 56.6 Å². The number of nitrogens with zero attached hydrogens (tertiary/aromatic N) is 5. The van der Waals surface area contributed by atoms with Crippen LogP contribution in [0.3, 0.4) is 0 Å². The molecule has 4 amide bonds. The Hall–Kier alpha value is -4.01. The first-order chi connectivity index (χ1) is 30.6. The molecule has 0 rings (SSSR count). The van der Waals surface area contributed by atoms with Crippen LogP contribution in [0.2, 0.25) is 0 Å². The number of aliphatic carboxylic acids is 3. The Morgan fingerprint density at radius 1 is 0.478 bits per heavy atom. The SMILES string of the molecule is O.O=C([O-])CN(CCN(CC(=O)[O-])CC(=O)NCCNC(=O)CO/N=C/[C@@H](O)[C@@H](O)[C@@H](O)C(O)CO)CCN(CC(=O)[O-])CC(=O)NCCNC(=O)CO/N=C/[C@@H](O)[C@@H](O)[C@@H](O)C(O)CO.[Gd+3]. The minimum atomic E-state index is -1.94. The number of rotatable bonds is 38. The second-order valence-electron chi connectivity index (χ2n) is 13.7. The molecule has 0 saturated carbocycles. The fraction of sp³-hybridized carbons (Fsp3) is 0.735. The molecule has 0 aliphatic carbocycles. The van der Waals surface area contributed by atoms with Crippen LogP contribution >= 0.6 is 0 Å². The minimum Gasteiger partial charge on any atom is -0.549 e. The van der Waals surface area contributed by atoms with E-state index in [0.29, 0.717) is 12.4 Å². The topological polar surface area (TPSA) is 523 Å². The molecule has 67 heavy (non-hydrogen) atoms. The van der Waals surface area contributed by atoms with Gasteiger partial charge in [-0.2, -0.15) is 0 Å². The first-order valence-electron chi connectivity index (χ1n) is 19.4. The zero-order chi connectivity index (χ0) is 49.5. The molecule has 33 heteroatoms. The summed E-state index contributed by atoms with van der Waals surface area (Å²) in [6, 6.07) is 0. The van der Waals surface area contributed by atoms with Crippen molar-refractivity contribution in [3.8, 4) is 0 Å². The molecule has 0 fully saturated rings. The molecular weight excluding hydrogens is 1060 g/mol. The summed E-state index contributed by atoms with van der Waals surface area (Å²) in [5.74, 6) is -7.66. The van der Waals surface area contributed by atoms with E-state index in [1.807, 2.05) is 0 Å².